The molecule has 5 aromatic rings. The van der Waals surface area contributed by atoms with Crippen molar-refractivity contribution in [2.24, 2.45) is 5.92 Å². The Morgan fingerprint density at radius 2 is 1.00 bits per heavy atom. The molecular weight excluding hydrogens is 585 g/mol. The van der Waals surface area contributed by atoms with Crippen LogP contribution in [-0.2, 0) is 24.3 Å². The molecule has 46 heavy (non-hydrogen) atoms. The number of hydrogen-bond acceptors (Lipinski definition) is 4. The van der Waals surface area contributed by atoms with Gasteiger partial charge in [0.1, 0.15) is 11.7 Å². The van der Waals surface area contributed by atoms with Crippen LogP contribution in [0.2, 0.25) is 5.04 Å². The third kappa shape index (κ3) is 6.11. The van der Waals surface area contributed by atoms with Crippen LogP contribution in [0.1, 0.15) is 43.9 Å². The van der Waals surface area contributed by atoms with Gasteiger partial charge in [0.25, 0.3) is 8.32 Å². The van der Waals surface area contributed by atoms with Gasteiger partial charge in [-0.2, -0.15) is 0 Å². The molecule has 4 nitrogen and oxygen atoms in total. The largest absolute Gasteiger partial charge is 0.460 e. The molecule has 1 aliphatic rings. The van der Waals surface area contributed by atoms with Crippen molar-refractivity contribution in [1.82, 2.24) is 0 Å². The second-order valence-corrected chi connectivity index (χ2v) is 17.4. The molecule has 6 rings (SSSR count). The van der Waals surface area contributed by atoms with E-state index >= 15 is 0 Å². The summed E-state index contributed by atoms with van der Waals surface area (Å²) in [5.41, 5.74) is 2.18. The molecule has 5 heteroatoms. The van der Waals surface area contributed by atoms with E-state index < -0.39 is 20.0 Å². The zero-order chi connectivity index (χ0) is 32.0. The quantitative estimate of drug-likeness (QED) is 0.0865. The second-order valence-electron chi connectivity index (χ2n) is 13.1. The van der Waals surface area contributed by atoms with Gasteiger partial charge in [0.05, 0.1) is 12.5 Å². The van der Waals surface area contributed by atoms with Gasteiger partial charge in [0.15, 0.2) is 0 Å². The van der Waals surface area contributed by atoms with Crippen molar-refractivity contribution in [3.05, 3.63) is 168 Å². The van der Waals surface area contributed by atoms with E-state index in [4.69, 9.17) is 13.9 Å². The molecule has 0 N–H and O–H groups in total. The Hall–Kier alpha value is -4.29. The molecule has 1 saturated heterocycles. The molecule has 1 aliphatic heterocycles. The van der Waals surface area contributed by atoms with Crippen LogP contribution < -0.4 is 10.4 Å². The Morgan fingerprint density at radius 3 is 1.39 bits per heavy atom. The number of ether oxygens (including phenoxy) is 2. The van der Waals surface area contributed by atoms with E-state index in [9.17, 15) is 4.79 Å². The zero-order valence-electron chi connectivity index (χ0n) is 26.8. The summed E-state index contributed by atoms with van der Waals surface area (Å²) in [5.74, 6) is -0.605. The van der Waals surface area contributed by atoms with Crippen molar-refractivity contribution < 1.29 is 18.7 Å². The van der Waals surface area contributed by atoms with E-state index in [1.54, 1.807) is 0 Å². The molecule has 0 radical (unpaired) electrons. The fourth-order valence-corrected chi connectivity index (χ4v) is 11.5. The van der Waals surface area contributed by atoms with Crippen molar-refractivity contribution in [2.75, 3.05) is 13.2 Å². The van der Waals surface area contributed by atoms with Gasteiger partial charge in [-0.3, -0.25) is 4.79 Å². The first-order valence-electron chi connectivity index (χ1n) is 16.1. The lowest BCUT2D eigenvalue weighted by atomic mass is 9.80. The number of carbonyl (C=O) groups is 1. The second kappa shape index (κ2) is 13.6. The summed E-state index contributed by atoms with van der Waals surface area (Å²) in [4.78, 5) is 13.4. The van der Waals surface area contributed by atoms with E-state index in [2.05, 4.69) is 106 Å². The standard InChI is InChI=1S/C41H42O4Si/c1-40(2,3)46(37-25-15-7-16-26-37,38-27-17-8-18-28-38)44-30-32-29-36(45-39(32)42)31-43-41(33-19-9-4-10-20-33,34-21-11-5-12-22-34)35-23-13-6-14-24-35/h4-28,32,36H,29-31H2,1-3H3/t32-,36+/m1/s1. The SMILES string of the molecule is CC(C)(C)[Si](OC[C@H]1C[C@@H](COC(c2ccccc2)(c2ccccc2)c2ccccc2)OC1=O)(c1ccccc1)c1ccccc1. The van der Waals surface area contributed by atoms with E-state index in [0.29, 0.717) is 13.0 Å². The topological polar surface area (TPSA) is 44.8 Å². The lowest BCUT2D eigenvalue weighted by Gasteiger charge is -2.43. The minimum atomic E-state index is -2.79. The lowest BCUT2D eigenvalue weighted by molar-refractivity contribution is -0.148. The van der Waals surface area contributed by atoms with Crippen LogP contribution >= 0.6 is 0 Å². The van der Waals surface area contributed by atoms with E-state index in [1.165, 1.54) is 10.4 Å². The highest BCUT2D eigenvalue weighted by Crippen LogP contribution is 2.42. The third-order valence-electron chi connectivity index (χ3n) is 9.11. The van der Waals surface area contributed by atoms with Crippen LogP contribution in [0.15, 0.2) is 152 Å². The molecule has 0 bridgehead atoms. The summed E-state index contributed by atoms with van der Waals surface area (Å²) in [6.07, 6.45) is 0.140. The number of carbonyl (C=O) groups excluding carboxylic acids is 1. The number of hydrogen-bond donors (Lipinski definition) is 0. The third-order valence-corrected chi connectivity index (χ3v) is 14.1. The summed E-state index contributed by atoms with van der Waals surface area (Å²) in [6.45, 7) is 7.29. The maximum atomic E-state index is 13.4. The van der Waals surface area contributed by atoms with Crippen LogP contribution in [0.25, 0.3) is 0 Å². The molecule has 5 aromatic carbocycles. The van der Waals surface area contributed by atoms with Gasteiger partial charge in [0, 0.05) is 13.0 Å². The number of rotatable bonds is 11. The minimum absolute atomic E-state index is 0.179. The maximum absolute atomic E-state index is 13.4. The predicted octanol–water partition coefficient (Wildman–Crippen LogP) is 7.50. The predicted molar refractivity (Wildman–Crippen MR) is 187 cm³/mol. The van der Waals surface area contributed by atoms with Gasteiger partial charge < -0.3 is 13.9 Å². The Balaban J connectivity index is 1.27. The molecule has 234 valence electrons. The normalized spacial score (nSPS) is 17.1. The van der Waals surface area contributed by atoms with Gasteiger partial charge in [-0.1, -0.05) is 172 Å². The molecule has 0 spiro atoms. The van der Waals surface area contributed by atoms with Gasteiger partial charge in [-0.05, 0) is 32.1 Å². The highest BCUT2D eigenvalue weighted by atomic mass is 28.4. The Bertz CT molecular complexity index is 1550. The van der Waals surface area contributed by atoms with Crippen LogP contribution in [-0.4, -0.2) is 33.6 Å². The Kier molecular flexibility index (Phi) is 9.36. The van der Waals surface area contributed by atoms with Crippen molar-refractivity contribution >= 4 is 24.7 Å². The van der Waals surface area contributed by atoms with Crippen LogP contribution in [0.5, 0.6) is 0 Å². The molecule has 1 heterocycles. The summed E-state index contributed by atoms with van der Waals surface area (Å²) in [6, 6.07) is 51.9. The average molecular weight is 627 g/mol. The van der Waals surface area contributed by atoms with Crippen molar-refractivity contribution in [3.63, 3.8) is 0 Å². The fourth-order valence-electron chi connectivity index (χ4n) is 6.93. The van der Waals surface area contributed by atoms with E-state index in [-0.39, 0.29) is 23.5 Å². The molecule has 0 amide bonds. The maximum Gasteiger partial charge on any atom is 0.311 e. The zero-order valence-corrected chi connectivity index (χ0v) is 27.8. The monoisotopic (exact) mass is 626 g/mol. The molecule has 0 aliphatic carbocycles. The van der Waals surface area contributed by atoms with Gasteiger partial charge in [0.2, 0.25) is 0 Å². The summed E-state index contributed by atoms with van der Waals surface area (Å²) in [7, 11) is -2.79. The van der Waals surface area contributed by atoms with Crippen LogP contribution in [0.4, 0.5) is 0 Å². The molecule has 0 saturated carbocycles. The van der Waals surface area contributed by atoms with Gasteiger partial charge >= 0.3 is 5.97 Å². The van der Waals surface area contributed by atoms with E-state index in [1.807, 2.05) is 66.7 Å². The number of esters is 1. The first-order valence-corrected chi connectivity index (χ1v) is 18.0. The lowest BCUT2D eigenvalue weighted by Crippen LogP contribution is -2.67. The van der Waals surface area contributed by atoms with Crippen LogP contribution in [0, 0.1) is 5.92 Å². The highest BCUT2D eigenvalue weighted by molar-refractivity contribution is 6.99. The smallest absolute Gasteiger partial charge is 0.311 e. The van der Waals surface area contributed by atoms with Crippen LogP contribution in [0.3, 0.4) is 0 Å². The molecular formula is C41H42O4Si. The fraction of sp³-hybridized carbons (Fsp3) is 0.244. The van der Waals surface area contributed by atoms with Crippen molar-refractivity contribution in [3.8, 4) is 0 Å². The Labute approximate surface area is 274 Å². The van der Waals surface area contributed by atoms with Gasteiger partial charge in [-0.25, -0.2) is 0 Å². The first kappa shape index (κ1) is 31.7. The molecule has 1 fully saturated rings. The summed E-state index contributed by atoms with van der Waals surface area (Å²) < 4.78 is 20.1. The number of cyclic esters (lactones) is 1. The number of benzene rings is 5. The van der Waals surface area contributed by atoms with E-state index in [0.717, 1.165) is 16.7 Å². The molecule has 0 aromatic heterocycles. The van der Waals surface area contributed by atoms with Crippen molar-refractivity contribution in [2.45, 2.75) is 43.9 Å². The highest BCUT2D eigenvalue weighted by Gasteiger charge is 2.51. The van der Waals surface area contributed by atoms with Crippen molar-refractivity contribution in [1.29, 1.82) is 0 Å². The first-order chi connectivity index (χ1) is 22.3. The summed E-state index contributed by atoms with van der Waals surface area (Å²) in [5, 5.41) is 2.21. The Morgan fingerprint density at radius 1 is 0.609 bits per heavy atom. The van der Waals surface area contributed by atoms with Gasteiger partial charge in [-0.15, -0.1) is 0 Å². The average Bonchev–Trinajstić information content (AvgIpc) is 3.46. The molecule has 0 unspecified atom stereocenters. The summed E-state index contributed by atoms with van der Waals surface area (Å²) >= 11 is 0. The minimum Gasteiger partial charge on any atom is -0.460 e. The molecule has 2 atom stereocenters.